The summed E-state index contributed by atoms with van der Waals surface area (Å²) in [7, 11) is -0.859. The molecule has 3 aliphatic heterocycles. The summed E-state index contributed by atoms with van der Waals surface area (Å²) < 4.78 is 60.4. The lowest BCUT2D eigenvalue weighted by molar-refractivity contribution is -0.192. The van der Waals surface area contributed by atoms with Gasteiger partial charge in [0.25, 0.3) is 6.01 Å². The van der Waals surface area contributed by atoms with Crippen LogP contribution in [0, 0.1) is 0 Å². The van der Waals surface area contributed by atoms with Gasteiger partial charge in [-0.15, -0.1) is 6.58 Å². The molecule has 2 saturated heterocycles. The second kappa shape index (κ2) is 13.0. The second-order valence-corrected chi connectivity index (χ2v) is 16.4. The second-order valence-electron chi connectivity index (χ2n) is 12.1. The van der Waals surface area contributed by atoms with Gasteiger partial charge in [-0.3, -0.25) is 4.57 Å². The Balaban J connectivity index is 0.000000515. The highest BCUT2D eigenvalue weighted by atomic mass is 35.5. The van der Waals surface area contributed by atoms with Gasteiger partial charge < -0.3 is 29.4 Å². The Bertz CT molecular complexity index is 1540. The molecule has 0 unspecified atom stereocenters. The molecule has 0 bridgehead atoms. The van der Waals surface area contributed by atoms with Crippen LogP contribution in [0.3, 0.4) is 0 Å². The van der Waals surface area contributed by atoms with Gasteiger partial charge in [0, 0.05) is 46.8 Å². The summed E-state index contributed by atoms with van der Waals surface area (Å²) in [6.07, 6.45) is -2.10. The number of ether oxygens (including phenoxy) is 4. The van der Waals surface area contributed by atoms with Crippen molar-refractivity contribution < 1.29 is 42.0 Å². The molecule has 0 radical (unpaired) electrons. The molecule has 0 spiro atoms. The van der Waals surface area contributed by atoms with Crippen molar-refractivity contribution in [2.75, 3.05) is 19.8 Å². The number of pyridine rings is 1. The van der Waals surface area contributed by atoms with Gasteiger partial charge in [0.1, 0.15) is 18.3 Å². The van der Waals surface area contributed by atoms with Crippen LogP contribution in [0.5, 0.6) is 6.01 Å². The molecule has 3 aliphatic rings. The van der Waals surface area contributed by atoms with E-state index < -0.39 is 20.9 Å². The Morgan fingerprint density at radius 3 is 2.51 bits per heavy atom. The van der Waals surface area contributed by atoms with Gasteiger partial charge in [0.15, 0.2) is 17.6 Å². The maximum atomic E-state index is 10.6. The molecule has 6 heterocycles. The first kappa shape index (κ1) is 33.3. The van der Waals surface area contributed by atoms with Gasteiger partial charge in [0.2, 0.25) is 0 Å². The summed E-state index contributed by atoms with van der Waals surface area (Å²) in [5.41, 5.74) is 3.44. The number of allylic oxidation sites excluding steroid dienone is 1. The molecule has 17 heteroatoms. The highest BCUT2D eigenvalue weighted by Crippen LogP contribution is 2.35. The average molecular weight is 673 g/mol. The van der Waals surface area contributed by atoms with E-state index in [1.54, 1.807) is 10.8 Å². The van der Waals surface area contributed by atoms with Crippen molar-refractivity contribution in [2.45, 2.75) is 82.2 Å². The summed E-state index contributed by atoms with van der Waals surface area (Å²) >= 11 is 6.68. The number of imidazole rings is 1. The van der Waals surface area contributed by atoms with Gasteiger partial charge in [0.05, 0.1) is 29.4 Å². The summed E-state index contributed by atoms with van der Waals surface area (Å²) in [5.74, 6) is -2.22. The van der Waals surface area contributed by atoms with E-state index in [-0.39, 0.29) is 29.5 Å². The molecule has 2 N–H and O–H groups in total. The van der Waals surface area contributed by atoms with E-state index in [4.69, 9.17) is 50.4 Å². The minimum Gasteiger partial charge on any atom is -0.475 e. The zero-order valence-electron chi connectivity index (χ0n) is 25.3. The van der Waals surface area contributed by atoms with Crippen LogP contribution in [-0.2, 0) is 38.6 Å². The average Bonchev–Trinajstić information content (AvgIpc) is 3.76. The summed E-state index contributed by atoms with van der Waals surface area (Å²) in [6, 6.07) is 2.29. The number of aromatic nitrogens is 5. The Kier molecular flexibility index (Phi) is 9.63. The summed E-state index contributed by atoms with van der Waals surface area (Å²) in [5, 5.41) is 15.8. The normalized spacial score (nSPS) is 22.8. The Morgan fingerprint density at radius 1 is 1.22 bits per heavy atom. The van der Waals surface area contributed by atoms with E-state index in [0.717, 1.165) is 29.9 Å². The number of carboxylic acids is 1. The van der Waals surface area contributed by atoms with Crippen LogP contribution in [0.25, 0.3) is 17.0 Å². The number of halogens is 4. The molecule has 0 saturated carbocycles. The van der Waals surface area contributed by atoms with E-state index >= 15 is 0 Å². The number of carboxylic acid groups (broad SMARTS) is 1. The molecule has 12 nitrogen and oxygen atoms in total. The largest absolute Gasteiger partial charge is 0.490 e. The van der Waals surface area contributed by atoms with Crippen molar-refractivity contribution in [2.24, 2.45) is 0 Å². The maximum Gasteiger partial charge on any atom is 0.490 e. The lowest BCUT2D eigenvalue weighted by atomic mass is 10.1. The topological polar surface area (TPSA) is 135 Å². The predicted octanol–water partition coefficient (Wildman–Crippen LogP) is 3.89. The van der Waals surface area contributed by atoms with Crippen molar-refractivity contribution in [1.29, 1.82) is 0 Å². The number of rotatable bonds is 9. The first-order chi connectivity index (χ1) is 21.2. The zero-order valence-corrected chi connectivity index (χ0v) is 27.2. The number of hydrogen-bond donors (Lipinski definition) is 2. The SMILES string of the molecule is C=CCn1c(O[C@@H]2CO[C@@H]3[C@@H]2OC[C@H]3OCC(C)(C)[SiH](C)C)nc2nc(-n3cc4c(n3)CNC4)c(Cl)cc21.O=C(O)C(F)(F)F. The third kappa shape index (κ3) is 7.05. The van der Waals surface area contributed by atoms with Gasteiger partial charge in [-0.25, -0.2) is 14.5 Å². The Hall–Kier alpha value is -3.02. The smallest absolute Gasteiger partial charge is 0.475 e. The fourth-order valence-corrected chi connectivity index (χ4v) is 5.68. The van der Waals surface area contributed by atoms with Gasteiger partial charge in [-0.1, -0.05) is 44.6 Å². The zero-order chi connectivity index (χ0) is 32.7. The van der Waals surface area contributed by atoms with Crippen molar-refractivity contribution >= 4 is 37.5 Å². The number of nitrogens with one attached hydrogen (secondary N) is 1. The molecule has 0 aliphatic carbocycles. The van der Waals surface area contributed by atoms with Crippen LogP contribution in [0.2, 0.25) is 23.2 Å². The standard InChI is InChI=1S/C26H35ClN6O4Si.C2HF3O2/c1-6-7-32-18-8-16(27)24(33-11-15-9-28-10-17(15)31-33)29-23(18)30-25(32)37-20-13-35-21-19(12-34-22(20)21)36-14-26(2,3)38(4)5;3-2(4,5)1(6)7/h6,8,11,19-22,28,38H,1,7,9-10,12-14H2,2-5H3;(H,6,7)/t19-,20-,21+,22-;/m1./s1. The van der Waals surface area contributed by atoms with E-state index in [9.17, 15) is 13.2 Å². The highest BCUT2D eigenvalue weighted by molar-refractivity contribution is 6.59. The lowest BCUT2D eigenvalue weighted by Gasteiger charge is -2.30. The minimum atomic E-state index is -5.08. The molecule has 0 aromatic carbocycles. The molecule has 2 fully saturated rings. The highest BCUT2D eigenvalue weighted by Gasteiger charge is 2.50. The van der Waals surface area contributed by atoms with Crippen molar-refractivity contribution in [3.05, 3.63) is 41.2 Å². The van der Waals surface area contributed by atoms with Crippen molar-refractivity contribution in [3.63, 3.8) is 0 Å². The number of alkyl halides is 3. The quantitative estimate of drug-likeness (QED) is 0.255. The molecule has 3 aromatic heterocycles. The lowest BCUT2D eigenvalue weighted by Crippen LogP contribution is -2.37. The number of carbonyl (C=O) groups is 1. The summed E-state index contributed by atoms with van der Waals surface area (Å²) in [4.78, 5) is 18.4. The number of nitrogens with zero attached hydrogens (tertiary/aromatic N) is 5. The Morgan fingerprint density at radius 2 is 1.89 bits per heavy atom. The van der Waals surface area contributed by atoms with Crippen LogP contribution >= 0.6 is 11.6 Å². The van der Waals surface area contributed by atoms with Crippen LogP contribution in [0.1, 0.15) is 25.1 Å². The van der Waals surface area contributed by atoms with Gasteiger partial charge >= 0.3 is 12.1 Å². The van der Waals surface area contributed by atoms with Crippen molar-refractivity contribution in [3.8, 4) is 11.8 Å². The number of hydrogen-bond acceptors (Lipinski definition) is 9. The Labute approximate surface area is 264 Å². The molecule has 0 amide bonds. The summed E-state index contributed by atoms with van der Waals surface area (Å²) in [6.45, 7) is 16.8. The van der Waals surface area contributed by atoms with Crippen LogP contribution in [0.4, 0.5) is 13.2 Å². The van der Waals surface area contributed by atoms with Crippen molar-refractivity contribution in [1.82, 2.24) is 29.6 Å². The van der Waals surface area contributed by atoms with E-state index in [1.807, 2.05) is 16.8 Å². The fourth-order valence-electron chi connectivity index (χ4n) is 5.01. The monoisotopic (exact) mass is 672 g/mol. The maximum absolute atomic E-state index is 10.6. The van der Waals surface area contributed by atoms with E-state index in [1.165, 1.54) is 0 Å². The number of fused-ring (bicyclic) bond motifs is 3. The molecule has 4 atom stereocenters. The van der Waals surface area contributed by atoms with Crippen LogP contribution < -0.4 is 10.1 Å². The molecule has 45 heavy (non-hydrogen) atoms. The van der Waals surface area contributed by atoms with Crippen LogP contribution in [-0.4, -0.2) is 94.6 Å². The third-order valence-corrected chi connectivity index (χ3v) is 11.9. The molecular weight excluding hydrogens is 637 g/mol. The first-order valence-electron chi connectivity index (χ1n) is 14.5. The molecule has 246 valence electrons. The van der Waals surface area contributed by atoms with Gasteiger partial charge in [-0.05, 0) is 11.1 Å². The number of aliphatic carboxylic acids is 1. The van der Waals surface area contributed by atoms with Crippen LogP contribution in [0.15, 0.2) is 24.9 Å². The minimum absolute atomic E-state index is 0.0958. The predicted molar refractivity (Wildman–Crippen MR) is 161 cm³/mol. The van der Waals surface area contributed by atoms with E-state index in [2.05, 4.69) is 43.9 Å². The molecule has 6 rings (SSSR count). The van der Waals surface area contributed by atoms with E-state index in [0.29, 0.717) is 48.9 Å². The first-order valence-corrected chi connectivity index (χ1v) is 17.7. The third-order valence-electron chi connectivity index (χ3n) is 8.35. The molecule has 3 aromatic rings. The molecular formula is C28H36ClF3N6O6Si. The fraction of sp³-hybridized carbons (Fsp3) is 0.571. The van der Waals surface area contributed by atoms with Gasteiger partial charge in [-0.2, -0.15) is 23.3 Å².